The van der Waals surface area contributed by atoms with Crippen molar-refractivity contribution >= 4 is 22.9 Å². The third-order valence-corrected chi connectivity index (χ3v) is 3.40. The van der Waals surface area contributed by atoms with E-state index in [1.807, 2.05) is 16.8 Å². The van der Waals surface area contributed by atoms with Crippen LogP contribution >= 0.6 is 22.9 Å². The summed E-state index contributed by atoms with van der Waals surface area (Å²) in [4.78, 5) is 0. The number of ether oxygens (including phenoxy) is 2. The summed E-state index contributed by atoms with van der Waals surface area (Å²) in [6.45, 7) is 0.296. The largest absolute Gasteiger partial charge is 0.493 e. The zero-order valence-corrected chi connectivity index (χ0v) is 11.4. The first kappa shape index (κ1) is 13.2. The standard InChI is InChI=1S/C13H13ClO3S/c1-16-12-5-11(14)4-10(6-15)13(12)17-7-9-2-3-18-8-9/h2-5,8,15H,6-7H2,1H3. The van der Waals surface area contributed by atoms with Crippen LogP contribution in [0.3, 0.4) is 0 Å². The topological polar surface area (TPSA) is 38.7 Å². The molecule has 0 bridgehead atoms. The van der Waals surface area contributed by atoms with Crippen molar-refractivity contribution in [1.82, 2.24) is 0 Å². The number of hydrogen-bond donors (Lipinski definition) is 1. The summed E-state index contributed by atoms with van der Waals surface area (Å²) in [5.74, 6) is 1.07. The molecule has 3 nitrogen and oxygen atoms in total. The molecule has 96 valence electrons. The Kier molecular flexibility index (Phi) is 4.47. The number of aliphatic hydroxyl groups is 1. The van der Waals surface area contributed by atoms with Gasteiger partial charge in [0, 0.05) is 16.7 Å². The van der Waals surface area contributed by atoms with E-state index in [9.17, 15) is 5.11 Å². The lowest BCUT2D eigenvalue weighted by Gasteiger charge is -2.14. The third kappa shape index (κ3) is 2.96. The van der Waals surface area contributed by atoms with E-state index < -0.39 is 0 Å². The van der Waals surface area contributed by atoms with E-state index in [4.69, 9.17) is 21.1 Å². The summed E-state index contributed by atoms with van der Waals surface area (Å²) in [7, 11) is 1.55. The summed E-state index contributed by atoms with van der Waals surface area (Å²) >= 11 is 7.55. The minimum atomic E-state index is -0.143. The fourth-order valence-corrected chi connectivity index (χ4v) is 2.47. The third-order valence-electron chi connectivity index (χ3n) is 2.45. The molecule has 0 saturated heterocycles. The second-order valence-electron chi connectivity index (χ2n) is 3.67. The molecule has 0 aliphatic rings. The van der Waals surface area contributed by atoms with Gasteiger partial charge < -0.3 is 14.6 Å². The van der Waals surface area contributed by atoms with Crippen LogP contribution in [-0.2, 0) is 13.2 Å². The first-order valence-electron chi connectivity index (χ1n) is 5.35. The summed E-state index contributed by atoms with van der Waals surface area (Å²) in [6.07, 6.45) is 0. The lowest BCUT2D eigenvalue weighted by atomic mass is 10.2. The second kappa shape index (κ2) is 6.09. The Hall–Kier alpha value is -1.23. The average Bonchev–Trinajstić information content (AvgIpc) is 2.89. The number of rotatable bonds is 5. The molecule has 0 aliphatic heterocycles. The molecule has 0 unspecified atom stereocenters. The highest BCUT2D eigenvalue weighted by molar-refractivity contribution is 7.07. The molecule has 2 aromatic rings. The summed E-state index contributed by atoms with van der Waals surface area (Å²) in [6, 6.07) is 5.34. The summed E-state index contributed by atoms with van der Waals surface area (Å²) in [5.41, 5.74) is 1.70. The smallest absolute Gasteiger partial charge is 0.167 e. The number of methoxy groups -OCH3 is 1. The van der Waals surface area contributed by atoms with Gasteiger partial charge in [-0.05, 0) is 28.5 Å². The van der Waals surface area contributed by atoms with E-state index >= 15 is 0 Å². The molecular formula is C13H13ClO3S. The van der Waals surface area contributed by atoms with Gasteiger partial charge in [-0.1, -0.05) is 11.6 Å². The van der Waals surface area contributed by atoms with Crippen LogP contribution in [-0.4, -0.2) is 12.2 Å². The molecule has 0 amide bonds. The fraction of sp³-hybridized carbons (Fsp3) is 0.231. The molecule has 18 heavy (non-hydrogen) atoms. The molecule has 1 heterocycles. The molecule has 2 rings (SSSR count). The quantitative estimate of drug-likeness (QED) is 0.913. The minimum absolute atomic E-state index is 0.143. The van der Waals surface area contributed by atoms with E-state index in [-0.39, 0.29) is 6.61 Å². The Labute approximate surface area is 115 Å². The van der Waals surface area contributed by atoms with Crippen LogP contribution in [0.25, 0.3) is 0 Å². The van der Waals surface area contributed by atoms with Gasteiger partial charge in [-0.2, -0.15) is 11.3 Å². The van der Waals surface area contributed by atoms with Crippen molar-refractivity contribution in [2.24, 2.45) is 0 Å². The monoisotopic (exact) mass is 284 g/mol. The van der Waals surface area contributed by atoms with E-state index in [1.165, 1.54) is 0 Å². The van der Waals surface area contributed by atoms with Crippen molar-refractivity contribution in [1.29, 1.82) is 0 Å². The van der Waals surface area contributed by atoms with Crippen LogP contribution in [0.2, 0.25) is 5.02 Å². The number of thiophene rings is 1. The van der Waals surface area contributed by atoms with E-state index in [2.05, 4.69) is 0 Å². The molecule has 1 N–H and O–H groups in total. The van der Waals surface area contributed by atoms with Crippen molar-refractivity contribution in [3.63, 3.8) is 0 Å². The predicted molar refractivity (Wildman–Crippen MR) is 72.6 cm³/mol. The molecule has 0 fully saturated rings. The van der Waals surface area contributed by atoms with Crippen LogP contribution in [0.15, 0.2) is 29.0 Å². The maximum atomic E-state index is 9.33. The summed E-state index contributed by atoms with van der Waals surface area (Å²) in [5, 5.41) is 13.8. The zero-order chi connectivity index (χ0) is 13.0. The number of aliphatic hydroxyl groups excluding tert-OH is 1. The number of hydrogen-bond acceptors (Lipinski definition) is 4. The van der Waals surface area contributed by atoms with Crippen molar-refractivity contribution in [2.45, 2.75) is 13.2 Å². The maximum absolute atomic E-state index is 9.33. The molecule has 0 saturated carbocycles. The highest BCUT2D eigenvalue weighted by Crippen LogP contribution is 2.35. The highest BCUT2D eigenvalue weighted by atomic mass is 35.5. The SMILES string of the molecule is COc1cc(Cl)cc(CO)c1OCc1ccsc1. The van der Waals surface area contributed by atoms with Crippen molar-refractivity contribution in [3.8, 4) is 11.5 Å². The van der Waals surface area contributed by atoms with E-state index in [1.54, 1.807) is 30.6 Å². The highest BCUT2D eigenvalue weighted by Gasteiger charge is 2.12. The Bertz CT molecular complexity index is 486. The Morgan fingerprint density at radius 3 is 2.83 bits per heavy atom. The van der Waals surface area contributed by atoms with Crippen LogP contribution in [0.4, 0.5) is 0 Å². The van der Waals surface area contributed by atoms with Crippen molar-refractivity contribution < 1.29 is 14.6 Å². The fourth-order valence-electron chi connectivity index (χ4n) is 1.59. The minimum Gasteiger partial charge on any atom is -0.493 e. The molecule has 0 aliphatic carbocycles. The van der Waals surface area contributed by atoms with Crippen LogP contribution in [0.1, 0.15) is 11.1 Å². The van der Waals surface area contributed by atoms with Gasteiger partial charge >= 0.3 is 0 Å². The van der Waals surface area contributed by atoms with Gasteiger partial charge in [-0.25, -0.2) is 0 Å². The van der Waals surface area contributed by atoms with Gasteiger partial charge in [-0.15, -0.1) is 0 Å². The van der Waals surface area contributed by atoms with E-state index in [0.29, 0.717) is 28.7 Å². The molecule has 1 aromatic carbocycles. The maximum Gasteiger partial charge on any atom is 0.167 e. The van der Waals surface area contributed by atoms with Gasteiger partial charge in [0.1, 0.15) is 6.61 Å². The number of benzene rings is 1. The number of halogens is 1. The van der Waals surface area contributed by atoms with Crippen molar-refractivity contribution in [3.05, 3.63) is 45.1 Å². The first-order valence-corrected chi connectivity index (χ1v) is 6.68. The van der Waals surface area contributed by atoms with Crippen LogP contribution in [0.5, 0.6) is 11.5 Å². The van der Waals surface area contributed by atoms with Crippen LogP contribution < -0.4 is 9.47 Å². The lowest BCUT2D eigenvalue weighted by molar-refractivity contribution is 0.250. The lowest BCUT2D eigenvalue weighted by Crippen LogP contribution is -2.00. The Balaban J connectivity index is 2.24. The van der Waals surface area contributed by atoms with Gasteiger partial charge in [0.05, 0.1) is 13.7 Å². The molecule has 0 radical (unpaired) electrons. The van der Waals surface area contributed by atoms with E-state index in [0.717, 1.165) is 5.56 Å². The Morgan fingerprint density at radius 1 is 1.39 bits per heavy atom. The Morgan fingerprint density at radius 2 is 2.22 bits per heavy atom. The van der Waals surface area contributed by atoms with Gasteiger partial charge in [0.15, 0.2) is 11.5 Å². The summed E-state index contributed by atoms with van der Waals surface area (Å²) < 4.78 is 10.9. The predicted octanol–water partition coefficient (Wildman–Crippen LogP) is 3.48. The van der Waals surface area contributed by atoms with Gasteiger partial charge in [-0.3, -0.25) is 0 Å². The van der Waals surface area contributed by atoms with Gasteiger partial charge in [0.2, 0.25) is 0 Å². The van der Waals surface area contributed by atoms with Crippen LogP contribution in [0, 0.1) is 0 Å². The normalized spacial score (nSPS) is 10.4. The molecule has 5 heteroatoms. The second-order valence-corrected chi connectivity index (χ2v) is 4.89. The van der Waals surface area contributed by atoms with Crippen molar-refractivity contribution in [2.75, 3.05) is 7.11 Å². The zero-order valence-electron chi connectivity index (χ0n) is 9.85. The van der Waals surface area contributed by atoms with Gasteiger partial charge in [0.25, 0.3) is 0 Å². The average molecular weight is 285 g/mol. The molecule has 1 aromatic heterocycles. The molecular weight excluding hydrogens is 272 g/mol. The molecule has 0 spiro atoms. The first-order chi connectivity index (χ1) is 8.74. The molecule has 0 atom stereocenters.